The predicted molar refractivity (Wildman–Crippen MR) is 493 cm³/mol. The number of aromatic nitrogens is 9. The lowest BCUT2D eigenvalue weighted by Gasteiger charge is -2.11. The molecule has 0 fully saturated rings. The molecule has 0 bridgehead atoms. The van der Waals surface area contributed by atoms with Gasteiger partial charge in [-0.05, 0) is 164 Å². The second-order valence-electron chi connectivity index (χ2n) is 28.5. The highest BCUT2D eigenvalue weighted by Gasteiger charge is 2.16. The van der Waals surface area contributed by atoms with Crippen LogP contribution in [0.5, 0.6) is 0 Å². The minimum absolute atomic E-state index is 0.730. The maximum Gasteiger partial charge on any atom is 0.159 e. The third kappa shape index (κ3) is 19.2. The van der Waals surface area contributed by atoms with Gasteiger partial charge in [0.15, 0.2) is 5.82 Å². The molecule has 0 saturated carbocycles. The van der Waals surface area contributed by atoms with Gasteiger partial charge in [0.05, 0.1) is 51.2 Å². The van der Waals surface area contributed by atoms with Gasteiger partial charge in [-0.3, -0.25) is 15.0 Å². The Morgan fingerprint density at radius 2 is 0.317 bits per heavy atom. The Bertz CT molecular complexity index is 5930. The van der Waals surface area contributed by atoms with Crippen LogP contribution >= 0.6 is 0 Å². The van der Waals surface area contributed by atoms with E-state index in [-0.39, 0.29) is 0 Å². The second kappa shape index (κ2) is 37.8. The summed E-state index contributed by atoms with van der Waals surface area (Å²) in [6, 6.07) is 150. The Labute approximate surface area is 700 Å². The lowest BCUT2D eigenvalue weighted by molar-refractivity contribution is 1.18. The first-order chi connectivity index (χ1) is 59.5. The molecule has 0 N–H and O–H groups in total. The molecule has 8 aromatic heterocycles. The van der Waals surface area contributed by atoms with Crippen molar-refractivity contribution in [3.63, 3.8) is 0 Å². The number of rotatable bonds is 16. The van der Waals surface area contributed by atoms with Gasteiger partial charge in [-0.1, -0.05) is 340 Å². The zero-order chi connectivity index (χ0) is 80.7. The molecule has 12 aromatic carbocycles. The fourth-order valence-electron chi connectivity index (χ4n) is 14.3. The maximum absolute atomic E-state index is 4.97. The van der Waals surface area contributed by atoms with E-state index < -0.39 is 0 Å². The first-order valence-corrected chi connectivity index (χ1v) is 39.9. The van der Waals surface area contributed by atoms with Gasteiger partial charge < -0.3 is 0 Å². The Morgan fingerprint density at radius 1 is 0.108 bits per heavy atom. The molecular formula is C111H79N9. The first-order valence-electron chi connectivity index (χ1n) is 39.9. The average molecular weight is 1540 g/mol. The molecule has 0 spiro atoms. The van der Waals surface area contributed by atoms with E-state index in [4.69, 9.17) is 19.9 Å². The summed E-state index contributed by atoms with van der Waals surface area (Å²) in [5, 5.41) is 0. The predicted octanol–water partition coefficient (Wildman–Crippen LogP) is 28.0. The van der Waals surface area contributed by atoms with Gasteiger partial charge in [0, 0.05) is 99.0 Å². The van der Waals surface area contributed by atoms with Gasteiger partial charge in [-0.25, -0.2) is 29.9 Å². The Hall–Kier alpha value is -16.2. The fourth-order valence-corrected chi connectivity index (χ4v) is 14.3. The van der Waals surface area contributed by atoms with Gasteiger partial charge in [0.25, 0.3) is 0 Å². The van der Waals surface area contributed by atoms with Crippen LogP contribution in [0.1, 0.15) is 0 Å². The average Bonchev–Trinajstić information content (AvgIpc) is 0.805. The smallest absolute Gasteiger partial charge is 0.159 e. The van der Waals surface area contributed by atoms with Gasteiger partial charge in [-0.2, -0.15) is 0 Å². The topological polar surface area (TPSA) is 116 Å². The van der Waals surface area contributed by atoms with E-state index >= 15 is 0 Å². The summed E-state index contributed by atoms with van der Waals surface area (Å²) >= 11 is 0. The monoisotopic (exact) mass is 1540 g/mol. The lowest BCUT2D eigenvalue weighted by Crippen LogP contribution is -1.91. The fraction of sp³-hybridized carbons (Fsp3) is 0. The van der Waals surface area contributed by atoms with Crippen molar-refractivity contribution < 1.29 is 0 Å². The highest BCUT2D eigenvalue weighted by molar-refractivity contribution is 5.84. The molecule has 568 valence electrons. The van der Waals surface area contributed by atoms with E-state index in [0.717, 1.165) is 152 Å². The first kappa shape index (κ1) is 76.4. The zero-order valence-electron chi connectivity index (χ0n) is 65.6. The van der Waals surface area contributed by atoms with E-state index in [2.05, 4.69) is 316 Å². The van der Waals surface area contributed by atoms with Crippen molar-refractivity contribution in [3.8, 4) is 179 Å². The largest absolute Gasteiger partial charge is 0.265 e. The van der Waals surface area contributed by atoms with Gasteiger partial charge >= 0.3 is 0 Å². The Morgan fingerprint density at radius 3 is 0.600 bits per heavy atom. The minimum atomic E-state index is 0.730. The number of hydrogen-bond donors (Lipinski definition) is 0. The van der Waals surface area contributed by atoms with Crippen LogP contribution in [0.15, 0.2) is 480 Å². The number of pyridine rings is 7. The van der Waals surface area contributed by atoms with Crippen molar-refractivity contribution in [1.29, 1.82) is 0 Å². The molecule has 0 aliphatic carbocycles. The summed E-state index contributed by atoms with van der Waals surface area (Å²) in [7, 11) is 0. The molecule has 9 heteroatoms. The molecule has 20 aromatic rings. The van der Waals surface area contributed by atoms with Crippen LogP contribution in [0.4, 0.5) is 0 Å². The van der Waals surface area contributed by atoms with Crippen LogP contribution in [0, 0.1) is 0 Å². The number of nitrogens with zero attached hydrogens (tertiary/aromatic N) is 9. The third-order valence-corrected chi connectivity index (χ3v) is 20.5. The molecule has 0 aliphatic rings. The summed E-state index contributed by atoms with van der Waals surface area (Å²) in [4.78, 5) is 41.2. The van der Waals surface area contributed by atoms with Crippen LogP contribution in [0.3, 0.4) is 0 Å². The Balaban J connectivity index is 0.000000114. The summed E-state index contributed by atoms with van der Waals surface area (Å²) in [6.45, 7) is 0. The molecule has 0 atom stereocenters. The van der Waals surface area contributed by atoms with Crippen LogP contribution in [-0.2, 0) is 0 Å². The van der Waals surface area contributed by atoms with E-state index in [1.165, 1.54) is 27.8 Å². The van der Waals surface area contributed by atoms with E-state index in [1.54, 1.807) is 12.4 Å². The molecule has 0 amide bonds. The molecule has 0 radical (unpaired) electrons. The summed E-state index contributed by atoms with van der Waals surface area (Å²) in [5.41, 5.74) is 33.6. The zero-order valence-corrected chi connectivity index (χ0v) is 65.6. The molecular weight excluding hydrogens is 1460 g/mol. The van der Waals surface area contributed by atoms with Gasteiger partial charge in [-0.15, -0.1) is 0 Å². The number of benzene rings is 12. The Kier molecular flexibility index (Phi) is 24.1. The summed E-state index contributed by atoms with van der Waals surface area (Å²) in [6.07, 6.45) is 12.7. The van der Waals surface area contributed by atoms with Crippen LogP contribution < -0.4 is 0 Å². The molecule has 9 nitrogen and oxygen atoms in total. The highest BCUT2D eigenvalue weighted by atomic mass is 14.9. The summed E-state index contributed by atoms with van der Waals surface area (Å²) in [5.74, 6) is 0.730. The van der Waals surface area contributed by atoms with Crippen LogP contribution in [-0.4, -0.2) is 44.9 Å². The summed E-state index contributed by atoms with van der Waals surface area (Å²) < 4.78 is 0. The van der Waals surface area contributed by atoms with Crippen molar-refractivity contribution >= 4 is 0 Å². The quantitative estimate of drug-likeness (QED) is 0.0932. The molecule has 0 aliphatic heterocycles. The SMILES string of the molecule is c1ccc(-c2cc(-c3ccc(-c4ccccn4)cc3)cc(-c3ccccc3)n2)cc1.c1ccc(-c2cc(-c3ccc(-c4ccncc4)cc3)cc(-c3ccccc3)n2)cc1.c1ccc(-c2cc(-c3ccc(-c4ncccn4)cc3)cc(-c3ccccc3)n2)cc1.c1ccc(-c2cc(-c3cccc(-c4ccncc4)c3)cc(-c3ccccc3)n2)cc1. The molecule has 0 saturated heterocycles. The van der Waals surface area contributed by atoms with Crippen LogP contribution in [0.2, 0.25) is 0 Å². The van der Waals surface area contributed by atoms with Crippen molar-refractivity contribution in [3.05, 3.63) is 480 Å². The maximum atomic E-state index is 4.97. The van der Waals surface area contributed by atoms with E-state index in [0.29, 0.717) is 0 Å². The standard InChI is InChI=1S/3C28H20N2.C27H19N3/c1-3-9-22(10-4-1)27-19-25(20-28(30-27)23-11-5-2-6-12-23)21-14-16-24(17-15-21)26-13-7-8-18-29-26;1-3-8-22(9-4-1)27-19-26(20-28(30-27)23-10-5-2-6-11-23)25-13-7-12-24(18-25)21-14-16-29-17-15-21;1-3-7-24(8-4-1)27-19-26(20-28(30-27)25-9-5-2-6-10-25)22-13-11-21(12-14-22)23-15-17-29-18-16-23;1-3-8-21(9-4-1)25-18-24(19-26(30-25)22-10-5-2-6-11-22)20-12-14-23(15-13-20)27-28-16-7-17-29-27/h3*1-20H;1-19H. The molecule has 0 unspecified atom stereocenters. The van der Waals surface area contributed by atoms with Crippen molar-refractivity contribution in [2.24, 2.45) is 0 Å². The van der Waals surface area contributed by atoms with E-state index in [1.807, 2.05) is 177 Å². The lowest BCUT2D eigenvalue weighted by atomic mass is 9.97. The van der Waals surface area contributed by atoms with E-state index in [9.17, 15) is 0 Å². The normalized spacial score (nSPS) is 10.7. The third-order valence-electron chi connectivity index (χ3n) is 20.5. The van der Waals surface area contributed by atoms with Crippen molar-refractivity contribution in [1.82, 2.24) is 44.9 Å². The van der Waals surface area contributed by atoms with Gasteiger partial charge in [0.2, 0.25) is 0 Å². The van der Waals surface area contributed by atoms with Crippen molar-refractivity contribution in [2.75, 3.05) is 0 Å². The minimum Gasteiger partial charge on any atom is -0.265 e. The highest BCUT2D eigenvalue weighted by Crippen LogP contribution is 2.38. The molecule has 20 rings (SSSR count). The molecule has 120 heavy (non-hydrogen) atoms. The van der Waals surface area contributed by atoms with Crippen molar-refractivity contribution in [2.45, 2.75) is 0 Å². The second-order valence-corrected chi connectivity index (χ2v) is 28.5. The number of hydrogen-bond acceptors (Lipinski definition) is 9. The van der Waals surface area contributed by atoms with Crippen LogP contribution in [0.25, 0.3) is 179 Å². The molecule has 8 heterocycles. The van der Waals surface area contributed by atoms with Gasteiger partial charge in [0.1, 0.15) is 0 Å².